The second-order valence-electron chi connectivity index (χ2n) is 10.7. The average Bonchev–Trinajstić information content (AvgIpc) is 2.98. The average molecular weight is 655 g/mol. The van der Waals surface area contributed by atoms with Crippen LogP contribution in [0.1, 0.15) is 104 Å². The Kier molecular flexibility index (Phi) is 18.6. The van der Waals surface area contributed by atoms with E-state index < -0.39 is 15.2 Å². The van der Waals surface area contributed by atoms with Gasteiger partial charge in [-0.25, -0.2) is 0 Å². The van der Waals surface area contributed by atoms with Gasteiger partial charge < -0.3 is 27.6 Å². The summed E-state index contributed by atoms with van der Waals surface area (Å²) in [6.07, 6.45) is 8.94. The van der Waals surface area contributed by atoms with Gasteiger partial charge in [0.15, 0.2) is 0 Å². The van der Waals surface area contributed by atoms with Crippen molar-refractivity contribution in [1.82, 2.24) is 0 Å². The lowest BCUT2D eigenvalue weighted by Gasteiger charge is -2.21. The molecule has 0 amide bonds. The molecule has 0 unspecified atom stereocenters. The molecular weight excluding hydrogens is 598 g/mol. The van der Waals surface area contributed by atoms with Crippen LogP contribution in [0, 0.1) is 0 Å². The molecule has 0 radical (unpaired) electrons. The van der Waals surface area contributed by atoms with Crippen molar-refractivity contribution in [3.63, 3.8) is 0 Å². The first-order valence-corrected chi connectivity index (χ1v) is 20.0. The second-order valence-corrected chi connectivity index (χ2v) is 14.8. The Morgan fingerprint density at radius 3 is 1.18 bits per heavy atom. The molecule has 2 rings (SSSR count). The summed E-state index contributed by atoms with van der Waals surface area (Å²) >= 11 is 0. The van der Waals surface area contributed by atoms with Crippen molar-refractivity contribution in [2.75, 3.05) is 39.6 Å². The van der Waals surface area contributed by atoms with Crippen LogP contribution in [0.4, 0.5) is 0 Å². The van der Waals surface area contributed by atoms with Crippen molar-refractivity contribution in [2.24, 2.45) is 0 Å². The highest BCUT2D eigenvalue weighted by atomic mass is 31.2. The van der Waals surface area contributed by atoms with E-state index in [9.17, 15) is 9.13 Å². The van der Waals surface area contributed by atoms with E-state index in [4.69, 9.17) is 27.6 Å². The van der Waals surface area contributed by atoms with E-state index in [2.05, 4.69) is 13.8 Å². The van der Waals surface area contributed by atoms with Crippen molar-refractivity contribution < 1.29 is 36.7 Å². The quantitative estimate of drug-likeness (QED) is 0.0772. The monoisotopic (exact) mass is 654 g/mol. The minimum atomic E-state index is -3.38. The normalized spacial score (nSPS) is 12.0. The fourth-order valence-corrected chi connectivity index (χ4v) is 8.35. The second kappa shape index (κ2) is 21.2. The molecule has 10 heteroatoms. The maximum absolute atomic E-state index is 13.6. The third-order valence-corrected chi connectivity index (χ3v) is 11.1. The Labute approximate surface area is 266 Å². The minimum absolute atomic E-state index is 0.0997. The van der Waals surface area contributed by atoms with E-state index in [0.29, 0.717) is 24.7 Å². The molecule has 0 saturated heterocycles. The van der Waals surface area contributed by atoms with Crippen LogP contribution in [0.5, 0.6) is 11.5 Å². The molecular formula is C34H56O8P2. The molecule has 0 spiro atoms. The van der Waals surface area contributed by atoms with E-state index in [-0.39, 0.29) is 38.8 Å². The van der Waals surface area contributed by atoms with E-state index >= 15 is 0 Å². The molecule has 8 nitrogen and oxygen atoms in total. The number of rotatable bonds is 25. The number of ether oxygens (including phenoxy) is 2. The lowest BCUT2D eigenvalue weighted by atomic mass is 10.0. The third kappa shape index (κ3) is 13.4. The van der Waals surface area contributed by atoms with Crippen molar-refractivity contribution in [1.29, 1.82) is 0 Å². The maximum atomic E-state index is 13.6. The van der Waals surface area contributed by atoms with Gasteiger partial charge in [0.25, 0.3) is 0 Å². The van der Waals surface area contributed by atoms with Crippen molar-refractivity contribution >= 4 is 15.2 Å². The Bertz CT molecular complexity index is 1070. The van der Waals surface area contributed by atoms with Crippen LogP contribution in [-0.4, -0.2) is 39.6 Å². The van der Waals surface area contributed by atoms with Gasteiger partial charge in [-0.3, -0.25) is 9.13 Å². The van der Waals surface area contributed by atoms with Gasteiger partial charge in [0.05, 0.1) is 52.0 Å². The fraction of sp³-hybridized carbons (Fsp3) is 0.647. The summed E-state index contributed by atoms with van der Waals surface area (Å²) in [5.41, 5.74) is 3.32. The van der Waals surface area contributed by atoms with Gasteiger partial charge in [-0.2, -0.15) is 0 Å². The first-order valence-electron chi connectivity index (χ1n) is 16.5. The van der Waals surface area contributed by atoms with Gasteiger partial charge in [-0.15, -0.1) is 0 Å². The van der Waals surface area contributed by atoms with Crippen molar-refractivity contribution in [2.45, 2.75) is 105 Å². The van der Waals surface area contributed by atoms with Crippen molar-refractivity contribution in [3.8, 4) is 22.6 Å². The van der Waals surface area contributed by atoms with Crippen LogP contribution in [0.2, 0.25) is 0 Å². The predicted molar refractivity (Wildman–Crippen MR) is 180 cm³/mol. The molecule has 0 heterocycles. The van der Waals surface area contributed by atoms with E-state index in [1.807, 2.05) is 64.1 Å². The lowest BCUT2D eigenvalue weighted by Crippen LogP contribution is -2.05. The smallest absolute Gasteiger partial charge is 0.335 e. The summed E-state index contributed by atoms with van der Waals surface area (Å²) in [5, 5.41) is 0. The molecule has 0 aromatic heterocycles. The van der Waals surface area contributed by atoms with Gasteiger partial charge in [0, 0.05) is 11.1 Å². The molecule has 0 aliphatic carbocycles. The SMILES string of the molecule is CCCCCCOc1ccc(-c2ccc(OCCCCCC)c(CP(=O)(OCC)OCC)c2)cc1CP(=O)(OCC)OCC. The summed E-state index contributed by atoms with van der Waals surface area (Å²) in [4.78, 5) is 0. The fourth-order valence-electron chi connectivity index (χ4n) is 4.93. The van der Waals surface area contributed by atoms with E-state index in [1.54, 1.807) is 0 Å². The summed E-state index contributed by atoms with van der Waals surface area (Å²) in [7, 11) is -6.76. The lowest BCUT2D eigenvalue weighted by molar-refractivity contribution is 0.217. The van der Waals surface area contributed by atoms with Gasteiger partial charge in [-0.05, 0) is 75.9 Å². The zero-order valence-electron chi connectivity index (χ0n) is 27.9. The Morgan fingerprint density at radius 1 is 0.500 bits per heavy atom. The number of hydrogen-bond donors (Lipinski definition) is 0. The highest BCUT2D eigenvalue weighted by molar-refractivity contribution is 7.53. The standard InChI is InChI=1S/C34H56O8P2/c1-7-13-15-17-23-37-33-21-19-29(25-31(33)27-43(35,39-9-3)40-10-4)30-20-22-34(38-24-18-16-14-8-2)32(26-30)28-44(36,41-11-5)42-12-6/h19-22,25-26H,7-18,23-24,27-28H2,1-6H3. The number of benzene rings is 2. The van der Waals surface area contributed by atoms with Gasteiger partial charge in [-0.1, -0.05) is 64.5 Å². The highest BCUT2D eigenvalue weighted by Gasteiger charge is 2.28. The van der Waals surface area contributed by atoms with Crippen LogP contribution in [0.15, 0.2) is 36.4 Å². The van der Waals surface area contributed by atoms with Gasteiger partial charge in [0.1, 0.15) is 11.5 Å². The Balaban J connectivity index is 2.49. The Morgan fingerprint density at radius 2 is 0.864 bits per heavy atom. The number of unbranched alkanes of at least 4 members (excludes halogenated alkanes) is 6. The highest BCUT2D eigenvalue weighted by Crippen LogP contribution is 2.54. The van der Waals surface area contributed by atoms with E-state index in [0.717, 1.165) is 60.8 Å². The molecule has 0 atom stereocenters. The maximum Gasteiger partial charge on any atom is 0.335 e. The summed E-state index contributed by atoms with van der Waals surface area (Å²) in [5.74, 6) is 1.35. The first-order chi connectivity index (χ1) is 21.3. The van der Waals surface area contributed by atoms with Gasteiger partial charge in [0.2, 0.25) is 0 Å². The van der Waals surface area contributed by atoms with Crippen LogP contribution >= 0.6 is 15.2 Å². The topological polar surface area (TPSA) is 89.5 Å². The van der Waals surface area contributed by atoms with E-state index in [1.165, 1.54) is 12.8 Å². The summed E-state index contributed by atoms with van der Waals surface area (Å²) in [6.45, 7) is 13.9. The number of hydrogen-bond acceptors (Lipinski definition) is 8. The zero-order chi connectivity index (χ0) is 32.3. The van der Waals surface area contributed by atoms with Crippen molar-refractivity contribution in [3.05, 3.63) is 47.5 Å². The first kappa shape index (κ1) is 38.5. The molecule has 0 fully saturated rings. The van der Waals surface area contributed by atoms with Crippen LogP contribution in [-0.2, 0) is 39.5 Å². The molecule has 0 N–H and O–H groups in total. The Hall–Kier alpha value is -1.66. The molecule has 44 heavy (non-hydrogen) atoms. The summed E-state index contributed by atoms with van der Waals surface area (Å²) in [6, 6.07) is 11.8. The van der Waals surface area contributed by atoms with Gasteiger partial charge >= 0.3 is 15.2 Å². The largest absolute Gasteiger partial charge is 0.493 e. The summed E-state index contributed by atoms with van der Waals surface area (Å²) < 4.78 is 62.0. The molecule has 250 valence electrons. The molecule has 2 aromatic rings. The molecule has 0 aliphatic heterocycles. The molecule has 0 bridgehead atoms. The molecule has 0 saturated carbocycles. The minimum Gasteiger partial charge on any atom is -0.493 e. The predicted octanol–water partition coefficient (Wildman–Crippen LogP) is 10.8. The molecule has 0 aliphatic rings. The van der Waals surface area contributed by atoms with Crippen LogP contribution in [0.25, 0.3) is 11.1 Å². The zero-order valence-corrected chi connectivity index (χ0v) is 29.7. The third-order valence-electron chi connectivity index (χ3n) is 7.00. The molecule has 2 aromatic carbocycles. The van der Waals surface area contributed by atoms with Crippen LogP contribution < -0.4 is 9.47 Å². The van der Waals surface area contributed by atoms with Crippen LogP contribution in [0.3, 0.4) is 0 Å².